The first-order chi connectivity index (χ1) is 17.9. The quantitative estimate of drug-likeness (QED) is 0.223. The average Bonchev–Trinajstić information content (AvgIpc) is 3.07. The fourth-order valence-electron chi connectivity index (χ4n) is 7.93. The third-order valence-corrected chi connectivity index (χ3v) is 22.3. The lowest BCUT2D eigenvalue weighted by Gasteiger charge is -2.60. The van der Waals surface area contributed by atoms with Crippen molar-refractivity contribution in [3.8, 4) is 0 Å². The van der Waals surface area contributed by atoms with Crippen molar-refractivity contribution in [2.24, 2.45) is 28.6 Å². The molecule has 0 aliphatic heterocycles. The summed E-state index contributed by atoms with van der Waals surface area (Å²) >= 11 is 0. The van der Waals surface area contributed by atoms with Crippen LogP contribution in [0.25, 0.3) is 0 Å². The summed E-state index contributed by atoms with van der Waals surface area (Å²) in [7, 11) is -5.44. The van der Waals surface area contributed by atoms with Crippen molar-refractivity contribution in [2.45, 2.75) is 162 Å². The Balaban J connectivity index is 1.72. The van der Waals surface area contributed by atoms with Crippen LogP contribution in [-0.4, -0.2) is 37.2 Å². The maximum atomic E-state index is 7.46. The molecule has 0 spiro atoms. The molecule has 4 aliphatic carbocycles. The smallest absolute Gasteiger partial charge is 0.241 e. The highest BCUT2D eigenvalue weighted by molar-refractivity contribution is 6.74. The van der Waals surface area contributed by atoms with Crippen LogP contribution in [0.3, 0.4) is 0 Å². The first-order valence-corrected chi connectivity index (χ1v) is 25.6. The number of allylic oxidation sites excluding steroid dienone is 2. The summed E-state index contributed by atoms with van der Waals surface area (Å²) in [6.45, 7) is 36.2. The van der Waals surface area contributed by atoms with E-state index in [0.29, 0.717) is 23.9 Å². The van der Waals surface area contributed by atoms with Crippen molar-refractivity contribution in [2.75, 3.05) is 0 Å². The van der Waals surface area contributed by atoms with Gasteiger partial charge in [-0.15, -0.1) is 0 Å². The first kappa shape index (κ1) is 32.8. The first-order valence-electron chi connectivity index (χ1n) is 16.4. The molecule has 0 radical (unpaired) electrons. The standard InChI is InChI=1S/C34H64O3Si3/c1-31(2,3)39(12,13)35-25-18-20-33(7)24(22-25)23-28(36-40(14,15)32(4,5)6)30-26-16-17-29(37-38(9,10)11)34(26,8)21-19-27(30)33/h17,23,25-28,30H,16,18-22H2,1-15H3/t25-,26?,27?,28-,30?,33-,34-/m0/s1. The Morgan fingerprint density at radius 3 is 1.85 bits per heavy atom. The Hall–Kier alpha value is -0.149. The second kappa shape index (κ2) is 10.2. The van der Waals surface area contributed by atoms with Crippen LogP contribution in [0.15, 0.2) is 23.5 Å². The molecule has 0 bridgehead atoms. The second-order valence-electron chi connectivity index (χ2n) is 18.5. The lowest BCUT2D eigenvalue weighted by Crippen LogP contribution is -2.58. The van der Waals surface area contributed by atoms with E-state index in [1.54, 1.807) is 5.57 Å². The van der Waals surface area contributed by atoms with E-state index in [2.05, 4.69) is 113 Å². The van der Waals surface area contributed by atoms with Crippen LogP contribution in [0.1, 0.15) is 93.9 Å². The molecule has 3 nitrogen and oxygen atoms in total. The average molecular weight is 605 g/mol. The van der Waals surface area contributed by atoms with Crippen molar-refractivity contribution < 1.29 is 13.3 Å². The van der Waals surface area contributed by atoms with Gasteiger partial charge in [0.1, 0.15) is 0 Å². The van der Waals surface area contributed by atoms with E-state index in [9.17, 15) is 0 Å². The largest absolute Gasteiger partial charge is 0.547 e. The van der Waals surface area contributed by atoms with Gasteiger partial charge in [0.05, 0.1) is 11.9 Å². The highest BCUT2D eigenvalue weighted by Crippen LogP contribution is 2.66. The third-order valence-electron chi connectivity index (χ3n) is 12.5. The normalized spacial score (nSPS) is 37.2. The summed E-state index contributed by atoms with van der Waals surface area (Å²) in [5, 5.41) is 0.438. The van der Waals surface area contributed by atoms with Crippen LogP contribution in [0.2, 0.25) is 55.9 Å². The van der Waals surface area contributed by atoms with Crippen molar-refractivity contribution in [3.05, 3.63) is 23.5 Å². The predicted octanol–water partition coefficient (Wildman–Crippen LogP) is 10.7. The zero-order chi connectivity index (χ0) is 30.3. The molecule has 7 atom stereocenters. The van der Waals surface area contributed by atoms with E-state index < -0.39 is 25.0 Å². The molecule has 3 unspecified atom stereocenters. The molecule has 0 saturated heterocycles. The fraction of sp³-hybridized carbons (Fsp3) is 0.882. The second-order valence-corrected chi connectivity index (χ2v) is 32.4. The zero-order valence-electron chi connectivity index (χ0n) is 29.0. The maximum Gasteiger partial charge on any atom is 0.241 e. The summed E-state index contributed by atoms with van der Waals surface area (Å²) in [5.74, 6) is 3.14. The molecular formula is C34H64O3Si3. The van der Waals surface area contributed by atoms with Crippen LogP contribution in [0.5, 0.6) is 0 Å². The van der Waals surface area contributed by atoms with E-state index >= 15 is 0 Å². The molecule has 4 aliphatic rings. The number of hydrogen-bond acceptors (Lipinski definition) is 3. The van der Waals surface area contributed by atoms with Gasteiger partial charge >= 0.3 is 0 Å². The summed E-state index contributed by atoms with van der Waals surface area (Å²) in [6.07, 6.45) is 12.9. The molecule has 0 aromatic heterocycles. The molecular weight excluding hydrogens is 541 g/mol. The van der Waals surface area contributed by atoms with Crippen molar-refractivity contribution in [1.29, 1.82) is 0 Å². The lowest BCUT2D eigenvalue weighted by atomic mass is 9.47. The van der Waals surface area contributed by atoms with Gasteiger partial charge < -0.3 is 13.3 Å². The molecule has 230 valence electrons. The Labute approximate surface area is 251 Å². The van der Waals surface area contributed by atoms with Crippen LogP contribution >= 0.6 is 0 Å². The van der Waals surface area contributed by atoms with Crippen LogP contribution in [-0.2, 0) is 13.3 Å². The molecule has 2 saturated carbocycles. The van der Waals surface area contributed by atoms with Crippen LogP contribution < -0.4 is 0 Å². The molecule has 40 heavy (non-hydrogen) atoms. The SMILES string of the molecule is CC(C)(C)[Si](C)(C)O[C@H]1CC[C@@]2(C)C(=C[C@H](O[Si](C)(C)C(C)(C)C)C3C2CC[C@]2(C)C(O[Si](C)(C)C)=CCC32)C1. The zero-order valence-corrected chi connectivity index (χ0v) is 32.0. The van der Waals surface area contributed by atoms with Crippen LogP contribution in [0, 0.1) is 28.6 Å². The van der Waals surface area contributed by atoms with Gasteiger partial charge in [0.2, 0.25) is 8.32 Å². The van der Waals surface area contributed by atoms with Gasteiger partial charge in [-0.25, -0.2) is 0 Å². The highest BCUT2D eigenvalue weighted by atomic mass is 28.4. The summed E-state index contributed by atoms with van der Waals surface area (Å²) in [6, 6.07) is 0. The Morgan fingerprint density at radius 2 is 1.30 bits per heavy atom. The molecule has 0 aromatic rings. The molecule has 0 heterocycles. The summed E-state index contributed by atoms with van der Waals surface area (Å²) in [4.78, 5) is 0. The summed E-state index contributed by atoms with van der Waals surface area (Å²) in [5.41, 5.74) is 2.05. The number of hydrogen-bond donors (Lipinski definition) is 0. The fourth-order valence-corrected chi connectivity index (χ4v) is 11.6. The molecule has 4 rings (SSSR count). The van der Waals surface area contributed by atoms with E-state index in [1.807, 2.05) is 0 Å². The van der Waals surface area contributed by atoms with Crippen molar-refractivity contribution >= 4 is 25.0 Å². The molecule has 2 fully saturated rings. The van der Waals surface area contributed by atoms with Gasteiger partial charge in [0, 0.05) is 11.5 Å². The third kappa shape index (κ3) is 5.84. The van der Waals surface area contributed by atoms with Crippen molar-refractivity contribution in [3.63, 3.8) is 0 Å². The van der Waals surface area contributed by atoms with Gasteiger partial charge in [0.15, 0.2) is 16.6 Å². The molecule has 0 amide bonds. The van der Waals surface area contributed by atoms with Crippen molar-refractivity contribution in [1.82, 2.24) is 0 Å². The van der Waals surface area contributed by atoms with Gasteiger partial charge in [0.25, 0.3) is 0 Å². The Kier molecular flexibility index (Phi) is 8.36. The van der Waals surface area contributed by atoms with Gasteiger partial charge in [-0.05, 0) is 124 Å². The molecule has 6 heteroatoms. The van der Waals surface area contributed by atoms with E-state index in [-0.39, 0.29) is 27.0 Å². The minimum atomic E-state index is -1.96. The molecule has 0 aromatic carbocycles. The minimum absolute atomic E-state index is 0.140. The number of fused-ring (bicyclic) bond motifs is 5. The van der Waals surface area contributed by atoms with E-state index in [0.717, 1.165) is 12.8 Å². The summed E-state index contributed by atoms with van der Waals surface area (Å²) < 4.78 is 21.3. The van der Waals surface area contributed by atoms with E-state index in [1.165, 1.54) is 31.4 Å². The number of rotatable bonds is 6. The monoisotopic (exact) mass is 604 g/mol. The Morgan fingerprint density at radius 1 is 0.750 bits per heavy atom. The van der Waals surface area contributed by atoms with Gasteiger partial charge in [-0.2, -0.15) is 0 Å². The maximum absolute atomic E-state index is 7.46. The van der Waals surface area contributed by atoms with E-state index in [4.69, 9.17) is 13.3 Å². The highest BCUT2D eigenvalue weighted by Gasteiger charge is 2.61. The predicted molar refractivity (Wildman–Crippen MR) is 179 cm³/mol. The Bertz CT molecular complexity index is 1020. The molecule has 0 N–H and O–H groups in total. The van der Waals surface area contributed by atoms with Crippen LogP contribution in [0.4, 0.5) is 0 Å². The van der Waals surface area contributed by atoms with Gasteiger partial charge in [-0.3, -0.25) is 0 Å². The topological polar surface area (TPSA) is 27.7 Å². The van der Waals surface area contributed by atoms with Gasteiger partial charge in [-0.1, -0.05) is 67.0 Å². The lowest BCUT2D eigenvalue weighted by molar-refractivity contribution is -0.0791. The minimum Gasteiger partial charge on any atom is -0.547 e.